The molecule has 0 aliphatic heterocycles. The van der Waals surface area contributed by atoms with Crippen LogP contribution in [0.4, 0.5) is 0 Å². The maximum Gasteiger partial charge on any atom is 0.118 e. The van der Waals surface area contributed by atoms with Gasteiger partial charge in [0.1, 0.15) is 5.75 Å². The maximum absolute atomic E-state index is 5.25. The van der Waals surface area contributed by atoms with Crippen LogP contribution in [-0.2, 0) is 0 Å². The van der Waals surface area contributed by atoms with Gasteiger partial charge >= 0.3 is 0 Å². The first kappa shape index (κ1) is 12.9. The van der Waals surface area contributed by atoms with E-state index in [-0.39, 0.29) is 0 Å². The highest BCUT2D eigenvalue weighted by atomic mass is 32.1. The van der Waals surface area contributed by atoms with Gasteiger partial charge in [-0.05, 0) is 34.7 Å². The maximum atomic E-state index is 5.25. The van der Waals surface area contributed by atoms with Gasteiger partial charge in [-0.15, -0.1) is 11.3 Å². The molecule has 0 N–H and O–H groups in total. The van der Waals surface area contributed by atoms with Crippen LogP contribution >= 0.6 is 11.3 Å². The molecular weight excluding hydrogens is 264 g/mol. The topological polar surface area (TPSA) is 9.23 Å². The van der Waals surface area contributed by atoms with Crippen LogP contribution in [0.3, 0.4) is 0 Å². The summed E-state index contributed by atoms with van der Waals surface area (Å²) in [4.78, 5) is 1.36. The number of hydrogen-bond acceptors (Lipinski definition) is 2. The quantitative estimate of drug-likeness (QED) is 0.658. The molecule has 0 saturated carbocycles. The monoisotopic (exact) mass is 280 g/mol. The van der Waals surface area contributed by atoms with Crippen LogP contribution in [0.25, 0.3) is 0 Å². The zero-order valence-corrected chi connectivity index (χ0v) is 12.1. The second kappa shape index (κ2) is 5.93. The standard InChI is InChI=1S/C18H16OS/c1-19-16-11-9-15(10-12-16)18(17-8-5-13-20-17)14-6-3-2-4-7-14/h2-13,18H,1H3. The summed E-state index contributed by atoms with van der Waals surface area (Å²) < 4.78 is 5.25. The molecule has 1 nitrogen and oxygen atoms in total. The van der Waals surface area contributed by atoms with E-state index in [2.05, 4.69) is 60.0 Å². The second-order valence-electron chi connectivity index (χ2n) is 4.63. The van der Waals surface area contributed by atoms with Crippen molar-refractivity contribution in [1.82, 2.24) is 0 Å². The van der Waals surface area contributed by atoms with Gasteiger partial charge in [0, 0.05) is 10.8 Å². The number of benzene rings is 2. The SMILES string of the molecule is COc1ccc(C(c2ccccc2)c2cccs2)cc1. The van der Waals surface area contributed by atoms with Gasteiger partial charge in [-0.2, -0.15) is 0 Å². The van der Waals surface area contributed by atoms with Crippen LogP contribution in [-0.4, -0.2) is 7.11 Å². The lowest BCUT2D eigenvalue weighted by Gasteiger charge is -2.17. The number of ether oxygens (including phenoxy) is 1. The molecule has 2 aromatic carbocycles. The van der Waals surface area contributed by atoms with Crippen molar-refractivity contribution in [3.63, 3.8) is 0 Å². The molecule has 0 radical (unpaired) electrons. The van der Waals surface area contributed by atoms with E-state index in [0.29, 0.717) is 5.92 Å². The molecule has 0 amide bonds. The van der Waals surface area contributed by atoms with Gasteiger partial charge in [-0.25, -0.2) is 0 Å². The fourth-order valence-electron chi connectivity index (χ4n) is 2.42. The van der Waals surface area contributed by atoms with E-state index in [9.17, 15) is 0 Å². The summed E-state index contributed by atoms with van der Waals surface area (Å²) in [5.74, 6) is 1.19. The highest BCUT2D eigenvalue weighted by Crippen LogP contribution is 2.35. The van der Waals surface area contributed by atoms with E-state index in [1.54, 1.807) is 18.4 Å². The minimum Gasteiger partial charge on any atom is -0.497 e. The number of methoxy groups -OCH3 is 1. The lowest BCUT2D eigenvalue weighted by atomic mass is 9.90. The van der Waals surface area contributed by atoms with Crippen LogP contribution in [0.15, 0.2) is 72.1 Å². The van der Waals surface area contributed by atoms with Crippen molar-refractivity contribution >= 4 is 11.3 Å². The van der Waals surface area contributed by atoms with Crippen LogP contribution in [0, 0.1) is 0 Å². The molecule has 1 aromatic heterocycles. The van der Waals surface area contributed by atoms with Gasteiger partial charge < -0.3 is 4.74 Å². The summed E-state index contributed by atoms with van der Waals surface area (Å²) in [6.07, 6.45) is 0. The molecule has 2 heteroatoms. The molecule has 0 aliphatic carbocycles. The lowest BCUT2D eigenvalue weighted by Crippen LogP contribution is -2.01. The molecule has 3 rings (SSSR count). The molecule has 0 spiro atoms. The van der Waals surface area contributed by atoms with E-state index < -0.39 is 0 Å². The zero-order chi connectivity index (χ0) is 13.8. The predicted molar refractivity (Wildman–Crippen MR) is 84.7 cm³/mol. The number of hydrogen-bond donors (Lipinski definition) is 0. The summed E-state index contributed by atoms with van der Waals surface area (Å²) in [6.45, 7) is 0. The number of thiophene rings is 1. The molecule has 1 unspecified atom stereocenters. The van der Waals surface area contributed by atoms with Gasteiger partial charge in [0.25, 0.3) is 0 Å². The lowest BCUT2D eigenvalue weighted by molar-refractivity contribution is 0.414. The largest absolute Gasteiger partial charge is 0.497 e. The molecule has 1 heterocycles. The Bertz CT molecular complexity index is 642. The van der Waals surface area contributed by atoms with E-state index >= 15 is 0 Å². The van der Waals surface area contributed by atoms with Crippen LogP contribution in [0.5, 0.6) is 5.75 Å². The molecule has 0 aliphatic rings. The highest BCUT2D eigenvalue weighted by Gasteiger charge is 2.17. The van der Waals surface area contributed by atoms with Crippen molar-refractivity contribution < 1.29 is 4.74 Å². The summed E-state index contributed by atoms with van der Waals surface area (Å²) in [6, 6.07) is 23.3. The van der Waals surface area contributed by atoms with Crippen molar-refractivity contribution in [2.75, 3.05) is 7.11 Å². The molecular formula is C18H16OS. The van der Waals surface area contributed by atoms with Crippen molar-refractivity contribution in [3.8, 4) is 5.75 Å². The second-order valence-corrected chi connectivity index (χ2v) is 5.61. The van der Waals surface area contributed by atoms with Crippen molar-refractivity contribution in [2.45, 2.75) is 5.92 Å². The Morgan fingerprint density at radius 1 is 0.800 bits per heavy atom. The third kappa shape index (κ3) is 2.61. The van der Waals surface area contributed by atoms with Gasteiger partial charge in [0.15, 0.2) is 0 Å². The summed E-state index contributed by atoms with van der Waals surface area (Å²) in [5, 5.41) is 2.13. The molecule has 1 atom stereocenters. The van der Waals surface area contributed by atoms with Crippen molar-refractivity contribution in [2.24, 2.45) is 0 Å². The zero-order valence-electron chi connectivity index (χ0n) is 11.3. The van der Waals surface area contributed by atoms with E-state index in [1.807, 2.05) is 12.1 Å². The Morgan fingerprint density at radius 2 is 1.50 bits per heavy atom. The van der Waals surface area contributed by atoms with E-state index in [4.69, 9.17) is 4.74 Å². The van der Waals surface area contributed by atoms with Crippen molar-refractivity contribution in [3.05, 3.63) is 88.1 Å². The molecule has 3 aromatic rings. The highest BCUT2D eigenvalue weighted by molar-refractivity contribution is 7.10. The summed E-state index contributed by atoms with van der Waals surface area (Å²) in [7, 11) is 1.70. The van der Waals surface area contributed by atoms with Crippen LogP contribution in [0.2, 0.25) is 0 Å². The molecule has 0 fully saturated rings. The Kier molecular flexibility index (Phi) is 3.84. The van der Waals surface area contributed by atoms with E-state index in [0.717, 1.165) is 5.75 Å². The first-order chi connectivity index (χ1) is 9.88. The van der Waals surface area contributed by atoms with Crippen LogP contribution < -0.4 is 4.74 Å². The predicted octanol–water partition coefficient (Wildman–Crippen LogP) is 4.94. The molecule has 0 bridgehead atoms. The molecule has 0 saturated heterocycles. The first-order valence-corrected chi connectivity index (χ1v) is 7.49. The Balaban J connectivity index is 2.05. The average molecular weight is 280 g/mol. The van der Waals surface area contributed by atoms with Gasteiger partial charge in [0.2, 0.25) is 0 Å². The Labute approximate surface area is 123 Å². The minimum atomic E-state index is 0.294. The van der Waals surface area contributed by atoms with E-state index in [1.165, 1.54) is 16.0 Å². The van der Waals surface area contributed by atoms with Crippen LogP contribution in [0.1, 0.15) is 21.9 Å². The normalized spacial score (nSPS) is 12.1. The summed E-state index contributed by atoms with van der Waals surface area (Å²) in [5.41, 5.74) is 2.61. The Morgan fingerprint density at radius 3 is 2.10 bits per heavy atom. The first-order valence-electron chi connectivity index (χ1n) is 6.61. The number of rotatable bonds is 4. The van der Waals surface area contributed by atoms with Gasteiger partial charge in [-0.1, -0.05) is 48.5 Å². The molecule has 20 heavy (non-hydrogen) atoms. The van der Waals surface area contributed by atoms with Crippen molar-refractivity contribution in [1.29, 1.82) is 0 Å². The fourth-order valence-corrected chi connectivity index (χ4v) is 3.30. The third-order valence-corrected chi connectivity index (χ3v) is 4.35. The summed E-state index contributed by atoms with van der Waals surface area (Å²) >= 11 is 1.80. The van der Waals surface area contributed by atoms with Gasteiger partial charge in [-0.3, -0.25) is 0 Å². The smallest absolute Gasteiger partial charge is 0.118 e. The Hall–Kier alpha value is -2.06. The third-order valence-electron chi connectivity index (χ3n) is 3.41. The average Bonchev–Trinajstić information content (AvgIpc) is 3.03. The fraction of sp³-hybridized carbons (Fsp3) is 0.111. The molecule has 100 valence electrons. The minimum absolute atomic E-state index is 0.294. The van der Waals surface area contributed by atoms with Gasteiger partial charge in [0.05, 0.1) is 7.11 Å².